The van der Waals surface area contributed by atoms with E-state index in [1.807, 2.05) is 4.90 Å². The fourth-order valence-electron chi connectivity index (χ4n) is 2.24. The molecule has 0 spiro atoms. The highest BCUT2D eigenvalue weighted by Crippen LogP contribution is 1.96. The molecule has 0 aliphatic carbocycles. The molecule has 1 aromatic rings. The lowest BCUT2D eigenvalue weighted by Gasteiger charge is -2.32. The zero-order valence-corrected chi connectivity index (χ0v) is 16.5. The van der Waals surface area contributed by atoms with Crippen molar-refractivity contribution in [1.82, 2.24) is 29.8 Å². The molecule has 0 amide bonds. The van der Waals surface area contributed by atoms with Gasteiger partial charge in [-0.3, -0.25) is 10.8 Å². The largest absolute Gasteiger partial charge is 0.370 e. The predicted molar refractivity (Wildman–Crippen MR) is 108 cm³/mol. The first kappa shape index (κ1) is 24.1. The second-order valence-electron chi connectivity index (χ2n) is 6.06. The van der Waals surface area contributed by atoms with Crippen LogP contribution in [0, 0.1) is 10.8 Å². The van der Waals surface area contributed by atoms with E-state index in [-0.39, 0.29) is 24.3 Å². The second kappa shape index (κ2) is 13.3. The van der Waals surface area contributed by atoms with Crippen molar-refractivity contribution in [1.29, 1.82) is 10.8 Å². The Morgan fingerprint density at radius 1 is 0.923 bits per heavy atom. The van der Waals surface area contributed by atoms with Gasteiger partial charge in [-0.05, 0) is 20.2 Å². The summed E-state index contributed by atoms with van der Waals surface area (Å²) in [5, 5.41) is 20.9. The first-order valence-corrected chi connectivity index (χ1v) is 8.41. The summed E-state index contributed by atoms with van der Waals surface area (Å²) < 4.78 is 1.28. The van der Waals surface area contributed by atoms with Crippen molar-refractivity contribution < 1.29 is 0 Å². The minimum Gasteiger partial charge on any atom is -0.370 e. The first-order valence-electron chi connectivity index (χ1n) is 8.41. The fourth-order valence-corrected chi connectivity index (χ4v) is 2.24. The zero-order chi connectivity index (χ0) is 18.7. The molecule has 3 heterocycles. The smallest absolute Gasteiger partial charge is 0.213 e. The van der Waals surface area contributed by atoms with Gasteiger partial charge in [-0.1, -0.05) is 0 Å². The van der Waals surface area contributed by atoms with Gasteiger partial charge in [0.05, 0.1) is 0 Å². The van der Waals surface area contributed by atoms with Crippen LogP contribution >= 0.6 is 12.4 Å². The summed E-state index contributed by atoms with van der Waals surface area (Å²) >= 11 is 0. The summed E-state index contributed by atoms with van der Waals surface area (Å²) in [6, 6.07) is 1.71. The monoisotopic (exact) mass is 388 g/mol. The van der Waals surface area contributed by atoms with E-state index >= 15 is 0 Å². The number of rotatable bonds is 0. The van der Waals surface area contributed by atoms with Crippen LogP contribution in [0.15, 0.2) is 18.5 Å². The molecule has 26 heavy (non-hydrogen) atoms. The number of halogens is 1. The molecule has 2 aliphatic heterocycles. The number of aromatic nitrogens is 2. The van der Waals surface area contributed by atoms with E-state index in [0.29, 0.717) is 0 Å². The van der Waals surface area contributed by atoms with Crippen molar-refractivity contribution in [3.63, 3.8) is 0 Å². The van der Waals surface area contributed by atoms with Gasteiger partial charge in [-0.25, -0.2) is 4.68 Å². The summed E-state index contributed by atoms with van der Waals surface area (Å²) in [4.78, 5) is 6.45. The quantitative estimate of drug-likeness (QED) is 0.275. The Morgan fingerprint density at radius 3 is 1.77 bits per heavy atom. The highest BCUT2D eigenvalue weighted by atomic mass is 35.5. The highest BCUT2D eigenvalue weighted by molar-refractivity contribution is 5.85. The summed E-state index contributed by atoms with van der Waals surface area (Å²) in [7, 11) is 4.23. The highest BCUT2D eigenvalue weighted by Gasteiger charge is 2.13. The molecule has 2 saturated heterocycles. The molecule has 3 rings (SSSR count). The number of hydrogen-bond donors (Lipinski definition) is 5. The Hall–Kier alpha value is -1.88. The average Bonchev–Trinajstić information content (AvgIpc) is 3.12. The number of hydrogen-bond acceptors (Lipinski definition) is 6. The van der Waals surface area contributed by atoms with Crippen LogP contribution in [-0.4, -0.2) is 103 Å². The van der Waals surface area contributed by atoms with E-state index in [9.17, 15) is 0 Å². The lowest BCUT2D eigenvalue weighted by atomic mass is 10.3. The Morgan fingerprint density at radius 2 is 1.46 bits per heavy atom. The van der Waals surface area contributed by atoms with E-state index in [4.69, 9.17) is 22.3 Å². The molecule has 10 nitrogen and oxygen atoms in total. The van der Waals surface area contributed by atoms with Gasteiger partial charge < -0.3 is 31.5 Å². The Balaban J connectivity index is 0.000000359. The van der Waals surface area contributed by atoms with Gasteiger partial charge in [-0.15, -0.1) is 12.4 Å². The molecule has 0 atom stereocenters. The number of nitrogens with one attached hydrogen (secondary N) is 3. The minimum absolute atomic E-state index is 0. The normalized spacial score (nSPS) is 17.7. The summed E-state index contributed by atoms with van der Waals surface area (Å²) in [6.07, 6.45) is 3.18. The van der Waals surface area contributed by atoms with Crippen LogP contribution in [0.2, 0.25) is 0 Å². The zero-order valence-electron chi connectivity index (χ0n) is 15.7. The van der Waals surface area contributed by atoms with Crippen LogP contribution in [0.4, 0.5) is 0 Å². The third-order valence-electron chi connectivity index (χ3n) is 3.94. The third kappa shape index (κ3) is 10.2. The SMILES string of the molecule is CN1CCN(C(=N)N)CC1.CN1CCNCC1.Cl.N=C(N)n1cccn1. The van der Waals surface area contributed by atoms with E-state index in [1.54, 1.807) is 18.5 Å². The molecule has 150 valence electrons. The van der Waals surface area contributed by atoms with Gasteiger partial charge in [0.25, 0.3) is 0 Å². The van der Waals surface area contributed by atoms with E-state index in [1.165, 1.54) is 17.8 Å². The van der Waals surface area contributed by atoms with Crippen LogP contribution in [-0.2, 0) is 0 Å². The van der Waals surface area contributed by atoms with E-state index in [0.717, 1.165) is 39.3 Å². The van der Waals surface area contributed by atoms with Gasteiger partial charge in [0.2, 0.25) is 5.96 Å². The molecule has 0 saturated carbocycles. The van der Waals surface area contributed by atoms with Crippen molar-refractivity contribution in [2.24, 2.45) is 11.5 Å². The number of nitrogens with zero attached hydrogens (tertiary/aromatic N) is 5. The number of piperazine rings is 2. The van der Waals surface area contributed by atoms with Crippen LogP contribution in [0.1, 0.15) is 0 Å². The summed E-state index contributed by atoms with van der Waals surface area (Å²) in [5.41, 5.74) is 10.3. The maximum Gasteiger partial charge on any atom is 0.213 e. The van der Waals surface area contributed by atoms with Crippen LogP contribution in [0.25, 0.3) is 0 Å². The van der Waals surface area contributed by atoms with Crippen molar-refractivity contribution in [2.75, 3.05) is 66.5 Å². The lowest BCUT2D eigenvalue weighted by molar-refractivity contribution is 0.213. The molecule has 11 heteroatoms. The molecule has 7 N–H and O–H groups in total. The lowest BCUT2D eigenvalue weighted by Crippen LogP contribution is -2.49. The van der Waals surface area contributed by atoms with Gasteiger partial charge in [0, 0.05) is 64.8 Å². The van der Waals surface area contributed by atoms with Gasteiger partial charge in [-0.2, -0.15) is 5.10 Å². The Labute approximate surface area is 161 Å². The van der Waals surface area contributed by atoms with Crippen molar-refractivity contribution >= 4 is 24.3 Å². The third-order valence-corrected chi connectivity index (χ3v) is 3.94. The van der Waals surface area contributed by atoms with Gasteiger partial charge in [0.15, 0.2) is 5.96 Å². The van der Waals surface area contributed by atoms with E-state index in [2.05, 4.69) is 34.3 Å². The van der Waals surface area contributed by atoms with Crippen molar-refractivity contribution in [3.05, 3.63) is 18.5 Å². The van der Waals surface area contributed by atoms with Crippen LogP contribution in [0.3, 0.4) is 0 Å². The Kier molecular flexibility index (Phi) is 12.4. The van der Waals surface area contributed by atoms with Crippen molar-refractivity contribution in [2.45, 2.75) is 0 Å². The molecule has 0 aromatic carbocycles. The Bertz CT molecular complexity index is 493. The number of nitrogen functional groups attached to an aromatic ring is 1. The van der Waals surface area contributed by atoms with Crippen LogP contribution < -0.4 is 16.8 Å². The molecule has 0 bridgehead atoms. The van der Waals surface area contributed by atoms with Gasteiger partial charge in [0.1, 0.15) is 0 Å². The fraction of sp³-hybridized carbons (Fsp3) is 0.667. The van der Waals surface area contributed by atoms with Crippen molar-refractivity contribution in [3.8, 4) is 0 Å². The number of likely N-dealkylation sites (N-methyl/N-ethyl adjacent to an activating group) is 2. The number of guanidine groups is 1. The molecule has 0 unspecified atom stereocenters. The average molecular weight is 389 g/mol. The maximum absolute atomic E-state index is 7.14. The standard InChI is InChI=1S/C6H14N4.C5H12N2.C4H6N4.ClH/c1-9-2-4-10(5-3-9)6(7)8;1-7-4-2-6-3-5-7;5-4(6)8-3-1-2-7-8;/h2-5H2,1H3,(H3,7,8);6H,2-5H2,1H3;1-3H,(H3,5,6);1H. The van der Waals surface area contributed by atoms with Gasteiger partial charge >= 0.3 is 0 Å². The minimum atomic E-state index is -0.0602. The maximum atomic E-state index is 7.14. The molecule has 2 fully saturated rings. The molecule has 2 aliphatic rings. The molecule has 1 aromatic heterocycles. The van der Waals surface area contributed by atoms with E-state index < -0.39 is 0 Å². The second-order valence-corrected chi connectivity index (χ2v) is 6.06. The van der Waals surface area contributed by atoms with Crippen LogP contribution in [0.5, 0.6) is 0 Å². The summed E-state index contributed by atoms with van der Waals surface area (Å²) in [6.45, 7) is 8.56. The molecular formula is C15H33ClN10. The number of nitrogens with two attached hydrogens (primary N) is 2. The summed E-state index contributed by atoms with van der Waals surface area (Å²) in [5.74, 6) is 0.142. The molecular weight excluding hydrogens is 356 g/mol. The molecule has 0 radical (unpaired) electrons. The first-order chi connectivity index (χ1) is 11.9. The predicted octanol–water partition coefficient (Wildman–Crippen LogP) is -1.30. The topological polar surface area (TPSA) is 139 Å².